The average Bonchev–Trinajstić information content (AvgIpc) is 2.57. The summed E-state index contributed by atoms with van der Waals surface area (Å²) < 4.78 is 2.20. The van der Waals surface area contributed by atoms with Crippen LogP contribution in [0.1, 0.15) is 10.4 Å². The number of carbonyl (C=O) groups is 1. The highest BCUT2D eigenvalue weighted by Gasteiger charge is 2.11. The lowest BCUT2D eigenvalue weighted by Gasteiger charge is -2.11. The fourth-order valence-corrected chi connectivity index (χ4v) is 2.37. The van der Waals surface area contributed by atoms with Crippen LogP contribution in [0, 0.1) is 0 Å². The van der Waals surface area contributed by atoms with E-state index in [0.29, 0.717) is 5.56 Å². The molecule has 3 rings (SSSR count). The minimum atomic E-state index is -0.494. The molecule has 1 aromatic heterocycles. The predicted octanol–water partition coefficient (Wildman–Crippen LogP) is 1.49. The van der Waals surface area contributed by atoms with Gasteiger partial charge in [0.2, 0.25) is 0 Å². The number of rotatable bonds is 2. The molecular weight excluding hydrogens is 294 g/mol. The number of benzene rings is 2. The van der Waals surface area contributed by atoms with Crippen molar-refractivity contribution in [3.63, 3.8) is 0 Å². The predicted molar refractivity (Wildman–Crippen MR) is 88.8 cm³/mol. The zero-order valence-corrected chi connectivity index (χ0v) is 12.7. The Bertz CT molecular complexity index is 1030. The molecule has 2 aromatic carbocycles. The van der Waals surface area contributed by atoms with E-state index in [0.717, 1.165) is 15.3 Å². The summed E-state index contributed by atoms with van der Waals surface area (Å²) in [6, 6.07) is 14.3. The third kappa shape index (κ3) is 2.66. The van der Waals surface area contributed by atoms with Crippen LogP contribution in [0.15, 0.2) is 58.1 Å². The number of fused-ring (bicyclic) bond motifs is 1. The molecule has 0 aliphatic carbocycles. The van der Waals surface area contributed by atoms with Gasteiger partial charge in [0.05, 0.1) is 0 Å². The highest BCUT2D eigenvalue weighted by atomic mass is 16.2. The summed E-state index contributed by atoms with van der Waals surface area (Å²) in [6.07, 6.45) is 0. The summed E-state index contributed by atoms with van der Waals surface area (Å²) in [5.74, 6) is -0.213. The summed E-state index contributed by atoms with van der Waals surface area (Å²) >= 11 is 0. The number of nitrogens with zero attached hydrogens (tertiary/aromatic N) is 2. The zero-order valence-electron chi connectivity index (χ0n) is 12.7. The Morgan fingerprint density at radius 2 is 1.61 bits per heavy atom. The normalized spacial score (nSPS) is 10.7. The molecule has 3 aromatic rings. The Morgan fingerprint density at radius 3 is 2.35 bits per heavy atom. The van der Waals surface area contributed by atoms with Gasteiger partial charge in [-0.05, 0) is 22.9 Å². The fraction of sp³-hybridized carbons (Fsp3) is 0.118. The van der Waals surface area contributed by atoms with E-state index >= 15 is 0 Å². The maximum atomic E-state index is 12.4. The van der Waals surface area contributed by atoms with Gasteiger partial charge < -0.3 is 5.32 Å². The van der Waals surface area contributed by atoms with Gasteiger partial charge in [-0.3, -0.25) is 18.7 Å². The summed E-state index contributed by atoms with van der Waals surface area (Å²) in [5, 5.41) is 4.59. The molecule has 23 heavy (non-hydrogen) atoms. The lowest BCUT2D eigenvalue weighted by atomic mass is 10.1. The number of amides is 1. The van der Waals surface area contributed by atoms with Gasteiger partial charge in [0.1, 0.15) is 5.82 Å². The van der Waals surface area contributed by atoms with Crippen molar-refractivity contribution in [3.05, 3.63) is 74.9 Å². The first kappa shape index (κ1) is 14.8. The van der Waals surface area contributed by atoms with Crippen LogP contribution in [0.3, 0.4) is 0 Å². The molecule has 0 bridgehead atoms. The summed E-state index contributed by atoms with van der Waals surface area (Å²) in [7, 11) is 2.89. The SMILES string of the molecule is Cn1c(NC(=O)c2ccc3ccccc3c2)cc(=O)n(C)c1=O. The highest BCUT2D eigenvalue weighted by molar-refractivity contribution is 6.06. The lowest BCUT2D eigenvalue weighted by Crippen LogP contribution is -2.38. The van der Waals surface area contributed by atoms with Gasteiger partial charge in [0, 0.05) is 25.7 Å². The van der Waals surface area contributed by atoms with E-state index in [9.17, 15) is 14.4 Å². The van der Waals surface area contributed by atoms with Crippen molar-refractivity contribution < 1.29 is 4.79 Å². The van der Waals surface area contributed by atoms with Crippen molar-refractivity contribution in [3.8, 4) is 0 Å². The highest BCUT2D eigenvalue weighted by Crippen LogP contribution is 2.16. The summed E-state index contributed by atoms with van der Waals surface area (Å²) in [5.41, 5.74) is -0.509. The van der Waals surface area contributed by atoms with Gasteiger partial charge in [-0.2, -0.15) is 0 Å². The molecule has 6 nitrogen and oxygen atoms in total. The Morgan fingerprint density at radius 1 is 0.913 bits per heavy atom. The molecule has 1 heterocycles. The number of hydrogen-bond donors (Lipinski definition) is 1. The van der Waals surface area contributed by atoms with Gasteiger partial charge in [-0.15, -0.1) is 0 Å². The Labute approximate surface area is 131 Å². The molecule has 0 saturated heterocycles. The average molecular weight is 309 g/mol. The van der Waals surface area contributed by atoms with E-state index < -0.39 is 11.2 Å². The molecule has 0 fully saturated rings. The molecule has 0 aliphatic heterocycles. The van der Waals surface area contributed by atoms with Gasteiger partial charge in [-0.25, -0.2) is 4.79 Å². The summed E-state index contributed by atoms with van der Waals surface area (Å²) in [4.78, 5) is 36.0. The fourth-order valence-electron chi connectivity index (χ4n) is 2.37. The maximum Gasteiger partial charge on any atom is 0.332 e. The zero-order chi connectivity index (χ0) is 16.6. The van der Waals surface area contributed by atoms with Crippen LogP contribution in [0.25, 0.3) is 10.8 Å². The first-order chi connectivity index (χ1) is 11.0. The van der Waals surface area contributed by atoms with E-state index in [-0.39, 0.29) is 11.7 Å². The van der Waals surface area contributed by atoms with E-state index in [1.165, 1.54) is 24.7 Å². The number of aromatic nitrogens is 2. The molecule has 0 spiro atoms. The van der Waals surface area contributed by atoms with E-state index in [1.54, 1.807) is 12.1 Å². The van der Waals surface area contributed by atoms with Crippen molar-refractivity contribution in [1.29, 1.82) is 0 Å². The lowest BCUT2D eigenvalue weighted by molar-refractivity contribution is 0.102. The van der Waals surface area contributed by atoms with Crippen LogP contribution in [0.2, 0.25) is 0 Å². The van der Waals surface area contributed by atoms with E-state index in [4.69, 9.17) is 0 Å². The Kier molecular flexibility index (Phi) is 3.57. The Hall–Kier alpha value is -3.15. The molecule has 1 N–H and O–H groups in total. The second-order valence-electron chi connectivity index (χ2n) is 5.28. The number of carbonyl (C=O) groups excluding carboxylic acids is 1. The van der Waals surface area contributed by atoms with E-state index in [2.05, 4.69) is 5.32 Å². The number of anilines is 1. The van der Waals surface area contributed by atoms with Crippen molar-refractivity contribution in [2.24, 2.45) is 14.1 Å². The van der Waals surface area contributed by atoms with Crippen molar-refractivity contribution in [2.75, 3.05) is 5.32 Å². The van der Waals surface area contributed by atoms with Gasteiger partial charge in [0.15, 0.2) is 0 Å². The first-order valence-electron chi connectivity index (χ1n) is 7.04. The van der Waals surface area contributed by atoms with Gasteiger partial charge in [-0.1, -0.05) is 30.3 Å². The maximum absolute atomic E-state index is 12.4. The van der Waals surface area contributed by atoms with Gasteiger partial charge >= 0.3 is 5.69 Å². The minimum absolute atomic E-state index is 0.163. The van der Waals surface area contributed by atoms with Crippen LogP contribution in [-0.4, -0.2) is 15.0 Å². The van der Waals surface area contributed by atoms with Crippen LogP contribution < -0.4 is 16.6 Å². The van der Waals surface area contributed by atoms with Crippen molar-refractivity contribution in [1.82, 2.24) is 9.13 Å². The molecule has 0 unspecified atom stereocenters. The standard InChI is InChI=1S/C17H15N3O3/c1-19-14(10-15(21)20(2)17(19)23)18-16(22)13-8-7-11-5-3-4-6-12(11)9-13/h3-10H,1-2H3,(H,18,22). The molecule has 116 valence electrons. The topological polar surface area (TPSA) is 73.1 Å². The third-order valence-corrected chi connectivity index (χ3v) is 3.78. The van der Waals surface area contributed by atoms with Crippen molar-refractivity contribution >= 4 is 22.5 Å². The van der Waals surface area contributed by atoms with Crippen LogP contribution in [0.4, 0.5) is 5.82 Å². The van der Waals surface area contributed by atoms with Crippen LogP contribution >= 0.6 is 0 Å². The molecule has 0 radical (unpaired) electrons. The minimum Gasteiger partial charge on any atom is -0.308 e. The van der Waals surface area contributed by atoms with Crippen LogP contribution in [-0.2, 0) is 14.1 Å². The molecule has 0 aliphatic rings. The quantitative estimate of drug-likeness (QED) is 0.779. The molecule has 6 heteroatoms. The second-order valence-corrected chi connectivity index (χ2v) is 5.28. The molecule has 1 amide bonds. The molecule has 0 atom stereocenters. The first-order valence-corrected chi connectivity index (χ1v) is 7.04. The number of nitrogens with one attached hydrogen (secondary N) is 1. The Balaban J connectivity index is 1.98. The number of hydrogen-bond acceptors (Lipinski definition) is 3. The molecule has 0 saturated carbocycles. The smallest absolute Gasteiger partial charge is 0.308 e. The second kappa shape index (κ2) is 5.57. The van der Waals surface area contributed by atoms with Crippen molar-refractivity contribution in [2.45, 2.75) is 0 Å². The van der Waals surface area contributed by atoms with Gasteiger partial charge in [0.25, 0.3) is 11.5 Å². The summed E-state index contributed by atoms with van der Waals surface area (Å²) in [6.45, 7) is 0. The largest absolute Gasteiger partial charge is 0.332 e. The monoisotopic (exact) mass is 309 g/mol. The van der Waals surface area contributed by atoms with Crippen LogP contribution in [0.5, 0.6) is 0 Å². The van der Waals surface area contributed by atoms with E-state index in [1.807, 2.05) is 30.3 Å². The molecular formula is C17H15N3O3. The third-order valence-electron chi connectivity index (χ3n) is 3.78.